The van der Waals surface area contributed by atoms with E-state index in [1.807, 2.05) is 0 Å². The number of ether oxygens (including phenoxy) is 2. The maximum absolute atomic E-state index is 13.2. The van der Waals surface area contributed by atoms with Crippen LogP contribution in [0.3, 0.4) is 0 Å². The van der Waals surface area contributed by atoms with Crippen LogP contribution in [0.25, 0.3) is 11.1 Å². The van der Waals surface area contributed by atoms with E-state index in [0.29, 0.717) is 5.92 Å². The first-order chi connectivity index (χ1) is 12.5. The first-order valence-corrected chi connectivity index (χ1v) is 9.54. The van der Waals surface area contributed by atoms with Crippen molar-refractivity contribution in [2.45, 2.75) is 57.7 Å². The molecule has 2 aliphatic rings. The van der Waals surface area contributed by atoms with Gasteiger partial charge in [-0.3, -0.25) is 0 Å². The van der Waals surface area contributed by atoms with Gasteiger partial charge in [0, 0.05) is 0 Å². The van der Waals surface area contributed by atoms with Gasteiger partial charge in [-0.2, -0.15) is 0 Å². The molecule has 2 aromatic carbocycles. The highest BCUT2D eigenvalue weighted by Crippen LogP contribution is 2.43. The van der Waals surface area contributed by atoms with Crippen molar-refractivity contribution >= 4 is 0 Å². The third kappa shape index (κ3) is 3.55. The van der Waals surface area contributed by atoms with Crippen LogP contribution in [0.1, 0.15) is 56.9 Å². The number of hydrogen-bond acceptors (Lipinski definition) is 2. The van der Waals surface area contributed by atoms with Crippen molar-refractivity contribution in [1.29, 1.82) is 0 Å². The van der Waals surface area contributed by atoms with Crippen LogP contribution in [-0.2, 0) is 0 Å². The molecule has 0 spiro atoms. The van der Waals surface area contributed by atoms with Crippen molar-refractivity contribution in [2.75, 3.05) is 0 Å². The van der Waals surface area contributed by atoms with Crippen molar-refractivity contribution in [3.63, 3.8) is 0 Å². The third-order valence-corrected chi connectivity index (χ3v) is 5.66. The van der Waals surface area contributed by atoms with E-state index in [0.717, 1.165) is 17.0 Å². The predicted octanol–water partition coefficient (Wildman–Crippen LogP) is 6.75. The van der Waals surface area contributed by atoms with Gasteiger partial charge in [-0.1, -0.05) is 50.1 Å². The lowest BCUT2D eigenvalue weighted by Crippen LogP contribution is -2.25. The second-order valence-electron chi connectivity index (χ2n) is 7.46. The minimum Gasteiger partial charge on any atom is -0.395 e. The minimum atomic E-state index is -3.57. The topological polar surface area (TPSA) is 18.5 Å². The van der Waals surface area contributed by atoms with Crippen molar-refractivity contribution in [1.82, 2.24) is 0 Å². The van der Waals surface area contributed by atoms with Gasteiger partial charge in [-0.15, -0.1) is 8.78 Å². The van der Waals surface area contributed by atoms with E-state index in [2.05, 4.69) is 40.7 Å². The molecule has 0 bridgehead atoms. The van der Waals surface area contributed by atoms with Crippen LogP contribution >= 0.6 is 0 Å². The van der Waals surface area contributed by atoms with E-state index in [1.54, 1.807) is 12.1 Å². The molecule has 1 fully saturated rings. The monoisotopic (exact) mass is 358 g/mol. The molecule has 0 unspecified atom stereocenters. The average Bonchev–Trinajstić information content (AvgIpc) is 2.96. The summed E-state index contributed by atoms with van der Waals surface area (Å²) in [7, 11) is 0. The molecule has 0 saturated heterocycles. The van der Waals surface area contributed by atoms with E-state index in [9.17, 15) is 8.78 Å². The Hall–Kier alpha value is -2.10. The van der Waals surface area contributed by atoms with Gasteiger partial charge in [0.05, 0.1) is 0 Å². The lowest BCUT2D eigenvalue weighted by molar-refractivity contribution is -0.286. The standard InChI is InChI=1S/C22H24F2O2/c1-2-3-15-4-6-16(7-5-15)17-8-10-18(11-9-17)19-12-13-20-21(14-19)26-22(23,24)25-20/h8-16H,2-7H2,1H3. The molecule has 26 heavy (non-hydrogen) atoms. The summed E-state index contributed by atoms with van der Waals surface area (Å²) in [5, 5.41) is 0. The lowest BCUT2D eigenvalue weighted by atomic mass is 9.77. The highest BCUT2D eigenvalue weighted by Gasteiger charge is 2.43. The number of alkyl halides is 2. The summed E-state index contributed by atoms with van der Waals surface area (Å²) in [6.07, 6.45) is 4.27. The highest BCUT2D eigenvalue weighted by atomic mass is 19.3. The molecular formula is C22H24F2O2. The molecule has 4 rings (SSSR count). The molecule has 138 valence electrons. The van der Waals surface area contributed by atoms with Gasteiger partial charge in [0.15, 0.2) is 11.5 Å². The van der Waals surface area contributed by atoms with Crippen LogP contribution in [0.4, 0.5) is 8.78 Å². The minimum absolute atomic E-state index is 0.0826. The van der Waals surface area contributed by atoms with E-state index in [4.69, 9.17) is 0 Å². The van der Waals surface area contributed by atoms with Gasteiger partial charge in [0.25, 0.3) is 0 Å². The molecule has 1 heterocycles. The maximum atomic E-state index is 13.2. The Balaban J connectivity index is 1.46. The van der Waals surface area contributed by atoms with Gasteiger partial charge in [0.1, 0.15) is 0 Å². The summed E-state index contributed by atoms with van der Waals surface area (Å²) in [5.41, 5.74) is 3.23. The van der Waals surface area contributed by atoms with Crippen molar-refractivity contribution < 1.29 is 18.3 Å². The second-order valence-corrected chi connectivity index (χ2v) is 7.46. The Morgan fingerprint density at radius 1 is 0.885 bits per heavy atom. The molecule has 2 nitrogen and oxygen atoms in total. The fourth-order valence-corrected chi connectivity index (χ4v) is 4.27. The Labute approximate surface area is 153 Å². The van der Waals surface area contributed by atoms with Crippen LogP contribution in [0, 0.1) is 5.92 Å². The smallest absolute Gasteiger partial charge is 0.395 e. The number of hydrogen-bond donors (Lipinski definition) is 0. The van der Waals surface area contributed by atoms with Crippen LogP contribution in [0.15, 0.2) is 42.5 Å². The zero-order valence-electron chi connectivity index (χ0n) is 15.0. The molecule has 0 N–H and O–H groups in total. The quantitative estimate of drug-likeness (QED) is 0.602. The largest absolute Gasteiger partial charge is 0.586 e. The third-order valence-electron chi connectivity index (χ3n) is 5.66. The Morgan fingerprint density at radius 2 is 1.54 bits per heavy atom. The summed E-state index contributed by atoms with van der Waals surface area (Å²) in [5.74, 6) is 1.72. The van der Waals surface area contributed by atoms with E-state index in [1.165, 1.54) is 50.2 Å². The average molecular weight is 358 g/mol. The number of rotatable bonds is 4. The van der Waals surface area contributed by atoms with E-state index in [-0.39, 0.29) is 11.5 Å². The number of benzene rings is 2. The van der Waals surface area contributed by atoms with E-state index < -0.39 is 6.29 Å². The molecule has 0 aromatic heterocycles. The van der Waals surface area contributed by atoms with Gasteiger partial charge >= 0.3 is 6.29 Å². The summed E-state index contributed by atoms with van der Waals surface area (Å²) >= 11 is 0. The van der Waals surface area contributed by atoms with E-state index >= 15 is 0 Å². The molecule has 4 heteroatoms. The van der Waals surface area contributed by atoms with Crippen LogP contribution in [0.5, 0.6) is 11.5 Å². The summed E-state index contributed by atoms with van der Waals surface area (Å²) in [6, 6.07) is 13.4. The molecule has 0 radical (unpaired) electrons. The Bertz CT molecular complexity index is 762. The van der Waals surface area contributed by atoms with Crippen LogP contribution in [-0.4, -0.2) is 6.29 Å². The van der Waals surface area contributed by atoms with Gasteiger partial charge in [0.2, 0.25) is 0 Å². The van der Waals surface area contributed by atoms with Crippen LogP contribution < -0.4 is 9.47 Å². The predicted molar refractivity (Wildman–Crippen MR) is 97.7 cm³/mol. The number of fused-ring (bicyclic) bond motifs is 1. The van der Waals surface area contributed by atoms with Crippen LogP contribution in [0.2, 0.25) is 0 Å². The van der Waals surface area contributed by atoms with Gasteiger partial charge in [-0.05, 0) is 66.3 Å². The van der Waals surface area contributed by atoms with Crippen molar-refractivity contribution in [2.24, 2.45) is 5.92 Å². The second kappa shape index (κ2) is 6.90. The normalized spacial score (nSPS) is 23.8. The molecular weight excluding hydrogens is 334 g/mol. The molecule has 1 saturated carbocycles. The van der Waals surface area contributed by atoms with Crippen molar-refractivity contribution in [3.05, 3.63) is 48.0 Å². The molecule has 0 amide bonds. The summed E-state index contributed by atoms with van der Waals surface area (Å²) in [4.78, 5) is 0. The summed E-state index contributed by atoms with van der Waals surface area (Å²) < 4.78 is 35.3. The summed E-state index contributed by atoms with van der Waals surface area (Å²) in [6.45, 7) is 2.27. The highest BCUT2D eigenvalue weighted by molar-refractivity contribution is 5.68. The fourth-order valence-electron chi connectivity index (χ4n) is 4.27. The van der Waals surface area contributed by atoms with Gasteiger partial charge in [-0.25, -0.2) is 0 Å². The zero-order valence-corrected chi connectivity index (χ0v) is 15.0. The lowest BCUT2D eigenvalue weighted by Gasteiger charge is -2.28. The Morgan fingerprint density at radius 3 is 2.23 bits per heavy atom. The number of halogens is 2. The molecule has 1 aliphatic heterocycles. The molecule has 0 atom stereocenters. The van der Waals surface area contributed by atoms with Gasteiger partial charge < -0.3 is 9.47 Å². The maximum Gasteiger partial charge on any atom is 0.586 e. The zero-order chi connectivity index (χ0) is 18.1. The molecule has 1 aliphatic carbocycles. The Kier molecular flexibility index (Phi) is 4.60. The first-order valence-electron chi connectivity index (χ1n) is 9.54. The SMILES string of the molecule is CCCC1CCC(c2ccc(-c3ccc4c(c3)OC(F)(F)O4)cc2)CC1. The molecule has 2 aromatic rings. The first kappa shape index (κ1) is 17.3. The van der Waals surface area contributed by atoms with Crippen molar-refractivity contribution in [3.8, 4) is 22.6 Å². The fraction of sp³-hybridized carbons (Fsp3) is 0.455.